The van der Waals surface area contributed by atoms with Gasteiger partial charge in [-0.25, -0.2) is 9.97 Å². The van der Waals surface area contributed by atoms with Crippen LogP contribution in [-0.2, 0) is 0 Å². The molecule has 0 spiro atoms. The third-order valence-electron chi connectivity index (χ3n) is 1.80. The summed E-state index contributed by atoms with van der Waals surface area (Å²) >= 11 is 5.89. The summed E-state index contributed by atoms with van der Waals surface area (Å²) in [4.78, 5) is 8.36. The van der Waals surface area contributed by atoms with Crippen molar-refractivity contribution in [3.05, 3.63) is 22.7 Å². The highest BCUT2D eigenvalue weighted by atomic mass is 35.5. The fourth-order valence-electron chi connectivity index (χ4n) is 1.00. The van der Waals surface area contributed by atoms with Gasteiger partial charge in [-0.1, -0.05) is 31.4 Å². The molecule has 1 aromatic rings. The molecule has 2 N–H and O–H groups in total. The summed E-state index contributed by atoms with van der Waals surface area (Å²) in [5.74, 6) is 6.44. The van der Waals surface area contributed by atoms with Crippen LogP contribution >= 0.6 is 11.6 Å². The standard InChI is InChI=1S/C12H16ClN3/c1-8(2)9-7-10(13)16-11(15-9)5-6-12(3,4)14/h7-8H,14H2,1-4H3. The van der Waals surface area contributed by atoms with Gasteiger partial charge in [0.05, 0.1) is 5.54 Å². The first-order valence-electron chi connectivity index (χ1n) is 5.14. The van der Waals surface area contributed by atoms with Gasteiger partial charge in [0, 0.05) is 5.69 Å². The summed E-state index contributed by atoms with van der Waals surface area (Å²) in [6.07, 6.45) is 0. The molecule has 0 aliphatic rings. The molecule has 0 saturated carbocycles. The quantitative estimate of drug-likeness (QED) is 0.603. The van der Waals surface area contributed by atoms with Crippen molar-refractivity contribution in [1.29, 1.82) is 0 Å². The zero-order valence-electron chi connectivity index (χ0n) is 10.0. The molecule has 3 nitrogen and oxygen atoms in total. The molecule has 86 valence electrons. The first kappa shape index (κ1) is 13.0. The Balaban J connectivity index is 3.09. The SMILES string of the molecule is CC(C)c1cc(Cl)nc(C#CC(C)(C)N)n1. The smallest absolute Gasteiger partial charge is 0.206 e. The molecule has 0 radical (unpaired) electrons. The largest absolute Gasteiger partial charge is 0.316 e. The first-order chi connectivity index (χ1) is 7.28. The van der Waals surface area contributed by atoms with Crippen molar-refractivity contribution < 1.29 is 0 Å². The zero-order valence-corrected chi connectivity index (χ0v) is 10.8. The van der Waals surface area contributed by atoms with Gasteiger partial charge < -0.3 is 5.73 Å². The van der Waals surface area contributed by atoms with E-state index < -0.39 is 5.54 Å². The lowest BCUT2D eigenvalue weighted by Crippen LogP contribution is -2.29. The average molecular weight is 238 g/mol. The van der Waals surface area contributed by atoms with E-state index in [2.05, 4.69) is 21.8 Å². The number of halogens is 1. The highest BCUT2D eigenvalue weighted by Crippen LogP contribution is 2.15. The van der Waals surface area contributed by atoms with Gasteiger partial charge in [0.1, 0.15) is 5.15 Å². The lowest BCUT2D eigenvalue weighted by Gasteiger charge is -2.08. The van der Waals surface area contributed by atoms with Crippen LogP contribution in [0.25, 0.3) is 0 Å². The van der Waals surface area contributed by atoms with Crippen LogP contribution in [-0.4, -0.2) is 15.5 Å². The van der Waals surface area contributed by atoms with Crippen molar-refractivity contribution in [1.82, 2.24) is 9.97 Å². The Hall–Kier alpha value is -1.11. The Kier molecular flexibility index (Phi) is 3.90. The molecule has 0 atom stereocenters. The molecular weight excluding hydrogens is 222 g/mol. The molecule has 16 heavy (non-hydrogen) atoms. The van der Waals surface area contributed by atoms with Crippen LogP contribution < -0.4 is 5.73 Å². The van der Waals surface area contributed by atoms with Gasteiger partial charge in [-0.05, 0) is 31.8 Å². The van der Waals surface area contributed by atoms with Crippen LogP contribution in [0.3, 0.4) is 0 Å². The molecule has 4 heteroatoms. The second-order valence-electron chi connectivity index (χ2n) is 4.57. The van der Waals surface area contributed by atoms with Crippen molar-refractivity contribution in [2.45, 2.75) is 39.2 Å². The van der Waals surface area contributed by atoms with Gasteiger partial charge in [-0.3, -0.25) is 0 Å². The maximum Gasteiger partial charge on any atom is 0.206 e. The van der Waals surface area contributed by atoms with E-state index in [4.69, 9.17) is 17.3 Å². The summed E-state index contributed by atoms with van der Waals surface area (Å²) < 4.78 is 0. The summed E-state index contributed by atoms with van der Waals surface area (Å²) in [7, 11) is 0. The molecule has 0 aliphatic heterocycles. The van der Waals surface area contributed by atoms with Gasteiger partial charge in [0.15, 0.2) is 0 Å². The molecule has 0 aliphatic carbocycles. The topological polar surface area (TPSA) is 51.8 Å². The molecule has 0 saturated heterocycles. The molecule has 0 amide bonds. The third kappa shape index (κ3) is 4.18. The molecule has 0 unspecified atom stereocenters. The van der Waals surface area contributed by atoms with Gasteiger partial charge >= 0.3 is 0 Å². The van der Waals surface area contributed by atoms with Crippen molar-refractivity contribution in [3.63, 3.8) is 0 Å². The number of nitrogens with zero attached hydrogens (tertiary/aromatic N) is 2. The summed E-state index contributed by atoms with van der Waals surface area (Å²) in [6, 6.07) is 1.75. The maximum absolute atomic E-state index is 5.89. The Morgan fingerprint density at radius 3 is 2.50 bits per heavy atom. The Morgan fingerprint density at radius 1 is 1.38 bits per heavy atom. The predicted octanol–water partition coefficient (Wildman–Crippen LogP) is 2.34. The molecule has 0 bridgehead atoms. The fraction of sp³-hybridized carbons (Fsp3) is 0.500. The van der Waals surface area contributed by atoms with E-state index in [1.165, 1.54) is 0 Å². The highest BCUT2D eigenvalue weighted by molar-refractivity contribution is 6.29. The van der Waals surface area contributed by atoms with Gasteiger partial charge in [0.2, 0.25) is 5.82 Å². The molecular formula is C12H16ClN3. The van der Waals surface area contributed by atoms with E-state index in [-0.39, 0.29) is 0 Å². The number of hydrogen-bond acceptors (Lipinski definition) is 3. The average Bonchev–Trinajstić information content (AvgIpc) is 2.13. The van der Waals surface area contributed by atoms with E-state index in [1.807, 2.05) is 27.7 Å². The minimum Gasteiger partial charge on any atom is -0.316 e. The normalized spacial score (nSPS) is 11.2. The molecule has 0 fully saturated rings. The summed E-state index contributed by atoms with van der Waals surface area (Å²) in [5, 5.41) is 0.415. The predicted molar refractivity (Wildman–Crippen MR) is 66.3 cm³/mol. The van der Waals surface area contributed by atoms with Gasteiger partial charge in [-0.15, -0.1) is 0 Å². The summed E-state index contributed by atoms with van der Waals surface area (Å²) in [6.45, 7) is 7.74. The van der Waals surface area contributed by atoms with E-state index in [1.54, 1.807) is 6.07 Å². The third-order valence-corrected chi connectivity index (χ3v) is 2.00. The monoisotopic (exact) mass is 237 g/mol. The van der Waals surface area contributed by atoms with Crippen LogP contribution in [0.15, 0.2) is 6.07 Å². The minimum atomic E-state index is -0.552. The number of aromatic nitrogens is 2. The lowest BCUT2D eigenvalue weighted by molar-refractivity contribution is 0.680. The van der Waals surface area contributed by atoms with Gasteiger partial charge in [0.25, 0.3) is 0 Å². The Labute approximate surface area is 101 Å². The van der Waals surface area contributed by atoms with Crippen molar-refractivity contribution in [3.8, 4) is 11.8 Å². The molecule has 0 aromatic carbocycles. The van der Waals surface area contributed by atoms with E-state index in [9.17, 15) is 0 Å². The van der Waals surface area contributed by atoms with Crippen LogP contribution in [0.1, 0.15) is 45.1 Å². The van der Waals surface area contributed by atoms with Crippen LogP contribution in [0.2, 0.25) is 5.15 Å². The Bertz CT molecular complexity index is 436. The fourth-order valence-corrected chi connectivity index (χ4v) is 1.20. The second kappa shape index (κ2) is 4.82. The van der Waals surface area contributed by atoms with Crippen molar-refractivity contribution >= 4 is 11.6 Å². The maximum atomic E-state index is 5.89. The lowest BCUT2D eigenvalue weighted by atomic mass is 10.1. The second-order valence-corrected chi connectivity index (χ2v) is 4.95. The minimum absolute atomic E-state index is 0.298. The molecule has 1 rings (SSSR count). The molecule has 1 aromatic heterocycles. The Morgan fingerprint density at radius 2 is 2.00 bits per heavy atom. The van der Waals surface area contributed by atoms with E-state index in [0.717, 1.165) is 5.69 Å². The zero-order chi connectivity index (χ0) is 12.3. The van der Waals surface area contributed by atoms with Gasteiger partial charge in [-0.2, -0.15) is 0 Å². The van der Waals surface area contributed by atoms with Crippen LogP contribution in [0.4, 0.5) is 0 Å². The van der Waals surface area contributed by atoms with E-state index >= 15 is 0 Å². The van der Waals surface area contributed by atoms with Crippen molar-refractivity contribution in [2.24, 2.45) is 5.73 Å². The first-order valence-corrected chi connectivity index (χ1v) is 5.52. The molecule has 1 heterocycles. The van der Waals surface area contributed by atoms with Crippen LogP contribution in [0.5, 0.6) is 0 Å². The highest BCUT2D eigenvalue weighted by Gasteiger charge is 2.07. The van der Waals surface area contributed by atoms with Crippen LogP contribution in [0, 0.1) is 11.8 Å². The summed E-state index contributed by atoms with van der Waals surface area (Å²) in [5.41, 5.74) is 6.09. The number of nitrogens with two attached hydrogens (primary N) is 1. The number of rotatable bonds is 1. The number of hydrogen-bond donors (Lipinski definition) is 1. The van der Waals surface area contributed by atoms with Crippen molar-refractivity contribution in [2.75, 3.05) is 0 Å². The van der Waals surface area contributed by atoms with E-state index in [0.29, 0.717) is 16.9 Å².